The maximum atomic E-state index is 14.2. The minimum absolute atomic E-state index is 0.00432. The molecule has 16 heavy (non-hydrogen) atoms. The van der Waals surface area contributed by atoms with Crippen LogP contribution in [0, 0.1) is 0 Å². The minimum Gasteiger partial charge on any atom is -0.378 e. The molecule has 2 nitrogen and oxygen atoms in total. The Morgan fingerprint density at radius 2 is 2.38 bits per heavy atom. The van der Waals surface area contributed by atoms with Crippen molar-refractivity contribution < 1.29 is 9.13 Å². The first-order valence-corrected chi connectivity index (χ1v) is 5.70. The van der Waals surface area contributed by atoms with Gasteiger partial charge in [0.1, 0.15) is 5.67 Å². The summed E-state index contributed by atoms with van der Waals surface area (Å²) >= 11 is 0. The van der Waals surface area contributed by atoms with Gasteiger partial charge in [-0.2, -0.15) is 0 Å². The highest BCUT2D eigenvalue weighted by molar-refractivity contribution is 5.26. The number of ether oxygens (including phenoxy) is 1. The maximum absolute atomic E-state index is 14.2. The Bertz CT molecular complexity index is 359. The summed E-state index contributed by atoms with van der Waals surface area (Å²) in [5.41, 5.74) is 6.68. The molecule has 1 saturated heterocycles. The molecule has 2 unspecified atom stereocenters. The van der Waals surface area contributed by atoms with Crippen LogP contribution in [0.15, 0.2) is 24.3 Å². The lowest BCUT2D eigenvalue weighted by Crippen LogP contribution is -2.26. The van der Waals surface area contributed by atoms with Crippen LogP contribution in [0.5, 0.6) is 0 Å². The maximum Gasteiger partial charge on any atom is 0.140 e. The van der Waals surface area contributed by atoms with Crippen LogP contribution in [0.4, 0.5) is 4.39 Å². The normalized spacial score (nSPS) is 26.9. The lowest BCUT2D eigenvalue weighted by molar-refractivity contribution is 0.112. The second-order valence-electron chi connectivity index (χ2n) is 4.66. The molecule has 1 fully saturated rings. The van der Waals surface area contributed by atoms with Crippen molar-refractivity contribution in [1.29, 1.82) is 0 Å². The quantitative estimate of drug-likeness (QED) is 0.853. The van der Waals surface area contributed by atoms with Crippen molar-refractivity contribution in [2.45, 2.75) is 31.5 Å². The first-order valence-electron chi connectivity index (χ1n) is 5.70. The Balaban J connectivity index is 2.12. The molecule has 2 rings (SSSR count). The summed E-state index contributed by atoms with van der Waals surface area (Å²) in [6.07, 6.45) is 0.920. The van der Waals surface area contributed by atoms with Crippen molar-refractivity contribution in [3.63, 3.8) is 0 Å². The van der Waals surface area contributed by atoms with Gasteiger partial charge in [0.05, 0.1) is 6.61 Å². The highest BCUT2D eigenvalue weighted by atomic mass is 19.1. The zero-order valence-electron chi connectivity index (χ0n) is 9.58. The molecule has 3 heteroatoms. The van der Waals surface area contributed by atoms with Crippen molar-refractivity contribution in [3.8, 4) is 0 Å². The van der Waals surface area contributed by atoms with Crippen LogP contribution in [0.1, 0.15) is 30.5 Å². The van der Waals surface area contributed by atoms with Gasteiger partial charge in [0.2, 0.25) is 0 Å². The Hall–Kier alpha value is -0.930. The van der Waals surface area contributed by atoms with E-state index < -0.39 is 5.67 Å². The topological polar surface area (TPSA) is 35.2 Å². The fourth-order valence-electron chi connectivity index (χ4n) is 2.07. The minimum atomic E-state index is -1.18. The van der Waals surface area contributed by atoms with Crippen LogP contribution in [0.25, 0.3) is 0 Å². The van der Waals surface area contributed by atoms with E-state index in [1.807, 2.05) is 31.2 Å². The molecule has 2 N–H and O–H groups in total. The smallest absolute Gasteiger partial charge is 0.140 e. The summed E-state index contributed by atoms with van der Waals surface area (Å²) in [5.74, 6) is 0. The summed E-state index contributed by atoms with van der Waals surface area (Å²) in [7, 11) is 0. The third kappa shape index (κ3) is 2.60. The van der Waals surface area contributed by atoms with Gasteiger partial charge in [0.25, 0.3) is 0 Å². The average molecular weight is 223 g/mol. The molecule has 0 bridgehead atoms. The Labute approximate surface area is 95.6 Å². The van der Waals surface area contributed by atoms with Gasteiger partial charge in [-0.15, -0.1) is 0 Å². The van der Waals surface area contributed by atoms with Crippen molar-refractivity contribution in [3.05, 3.63) is 35.4 Å². The van der Waals surface area contributed by atoms with Gasteiger partial charge in [-0.05, 0) is 18.1 Å². The van der Waals surface area contributed by atoms with Gasteiger partial charge in [-0.3, -0.25) is 0 Å². The highest BCUT2D eigenvalue weighted by Crippen LogP contribution is 2.28. The molecule has 88 valence electrons. The van der Waals surface area contributed by atoms with Crippen molar-refractivity contribution in [1.82, 2.24) is 0 Å². The number of hydrogen-bond donors (Lipinski definition) is 1. The van der Waals surface area contributed by atoms with Gasteiger partial charge in [0, 0.05) is 25.5 Å². The zero-order valence-corrected chi connectivity index (χ0v) is 9.58. The van der Waals surface area contributed by atoms with E-state index >= 15 is 0 Å². The van der Waals surface area contributed by atoms with E-state index in [0.717, 1.165) is 11.1 Å². The first kappa shape index (κ1) is 11.6. The summed E-state index contributed by atoms with van der Waals surface area (Å²) < 4.78 is 19.3. The molecular weight excluding hydrogens is 205 g/mol. The predicted molar refractivity (Wildman–Crippen MR) is 62.0 cm³/mol. The average Bonchev–Trinajstić information content (AvgIpc) is 2.65. The third-order valence-corrected chi connectivity index (χ3v) is 3.05. The van der Waals surface area contributed by atoms with Crippen LogP contribution in [0.3, 0.4) is 0 Å². The summed E-state index contributed by atoms with van der Waals surface area (Å²) in [4.78, 5) is 0. The van der Waals surface area contributed by atoms with Crippen molar-refractivity contribution >= 4 is 0 Å². The molecule has 1 aromatic rings. The second-order valence-corrected chi connectivity index (χ2v) is 4.66. The number of benzene rings is 1. The molecule has 0 amide bonds. The van der Waals surface area contributed by atoms with E-state index in [4.69, 9.17) is 10.5 Å². The Morgan fingerprint density at radius 1 is 1.56 bits per heavy atom. The van der Waals surface area contributed by atoms with Crippen LogP contribution in [0.2, 0.25) is 0 Å². The van der Waals surface area contributed by atoms with Crippen LogP contribution in [-0.2, 0) is 11.2 Å². The van der Waals surface area contributed by atoms with E-state index in [1.165, 1.54) is 0 Å². The molecule has 1 aliphatic rings. The van der Waals surface area contributed by atoms with Crippen LogP contribution in [-0.4, -0.2) is 18.9 Å². The number of rotatable bonds is 3. The molecule has 0 saturated carbocycles. The van der Waals surface area contributed by atoms with E-state index in [1.54, 1.807) is 0 Å². The SMILES string of the molecule is CC(N)c1cccc(CC2(F)CCOC2)c1. The molecular formula is C13H18FNO. The van der Waals surface area contributed by atoms with Gasteiger partial charge in [-0.25, -0.2) is 4.39 Å². The zero-order chi connectivity index (χ0) is 11.6. The Morgan fingerprint density at radius 3 is 3.00 bits per heavy atom. The number of hydrogen-bond acceptors (Lipinski definition) is 2. The molecule has 0 aromatic heterocycles. The van der Waals surface area contributed by atoms with Gasteiger partial charge >= 0.3 is 0 Å². The number of alkyl halides is 1. The summed E-state index contributed by atoms with van der Waals surface area (Å²) in [5, 5.41) is 0. The fourth-order valence-corrected chi connectivity index (χ4v) is 2.07. The molecule has 0 radical (unpaired) electrons. The van der Waals surface area contributed by atoms with Gasteiger partial charge in [0.15, 0.2) is 0 Å². The van der Waals surface area contributed by atoms with Gasteiger partial charge < -0.3 is 10.5 Å². The summed E-state index contributed by atoms with van der Waals surface area (Å²) in [6.45, 7) is 2.68. The van der Waals surface area contributed by atoms with E-state index in [9.17, 15) is 4.39 Å². The lowest BCUT2D eigenvalue weighted by Gasteiger charge is -2.18. The molecule has 1 aromatic carbocycles. The van der Waals surface area contributed by atoms with Crippen molar-refractivity contribution in [2.75, 3.05) is 13.2 Å². The predicted octanol–water partition coefficient (Wildman–Crippen LogP) is 2.38. The van der Waals surface area contributed by atoms with Crippen LogP contribution >= 0.6 is 0 Å². The third-order valence-electron chi connectivity index (χ3n) is 3.05. The van der Waals surface area contributed by atoms with Crippen molar-refractivity contribution in [2.24, 2.45) is 5.73 Å². The van der Waals surface area contributed by atoms with Crippen LogP contribution < -0.4 is 5.73 Å². The largest absolute Gasteiger partial charge is 0.378 e. The monoisotopic (exact) mass is 223 g/mol. The fraction of sp³-hybridized carbons (Fsp3) is 0.538. The standard InChI is InChI=1S/C13H18FNO/c1-10(15)12-4-2-3-11(7-12)8-13(14)5-6-16-9-13/h2-4,7,10H,5-6,8-9,15H2,1H3. The molecule has 1 heterocycles. The van der Waals surface area contributed by atoms with Gasteiger partial charge in [-0.1, -0.05) is 24.3 Å². The molecule has 1 aliphatic heterocycles. The van der Waals surface area contributed by atoms with E-state index in [0.29, 0.717) is 19.4 Å². The summed E-state index contributed by atoms with van der Waals surface area (Å²) in [6, 6.07) is 7.85. The number of halogens is 1. The number of nitrogens with two attached hydrogens (primary N) is 1. The second kappa shape index (κ2) is 4.52. The Kier molecular flexibility index (Phi) is 3.26. The molecule has 2 atom stereocenters. The van der Waals surface area contributed by atoms with E-state index in [-0.39, 0.29) is 12.6 Å². The lowest BCUT2D eigenvalue weighted by atomic mass is 9.94. The molecule has 0 spiro atoms. The first-order chi connectivity index (χ1) is 7.59. The molecule has 0 aliphatic carbocycles. The highest BCUT2D eigenvalue weighted by Gasteiger charge is 2.34. The van der Waals surface area contributed by atoms with E-state index in [2.05, 4.69) is 0 Å².